The Labute approximate surface area is 136 Å². The zero-order valence-corrected chi connectivity index (χ0v) is 14.0. The highest BCUT2D eigenvalue weighted by atomic mass is 16.6. The number of carbonyl (C=O) groups excluding carboxylic acids is 1. The first-order valence-electron chi connectivity index (χ1n) is 8.16. The molecule has 3 rings (SSSR count). The van der Waals surface area contributed by atoms with Gasteiger partial charge in [-0.05, 0) is 46.5 Å². The van der Waals surface area contributed by atoms with Gasteiger partial charge in [0.2, 0.25) is 0 Å². The SMILES string of the molecule is CC(C)(C)OC(=O)[C@H]1CC[C@H](c2cc(N)n3nccc3n2)CC1. The Kier molecular flexibility index (Phi) is 4.00. The standard InChI is InChI=1S/C17H24N4O2/c1-17(2,3)23-16(22)12-6-4-11(5-7-12)13-10-14(18)21-15(20-13)8-9-19-21/h8-12H,4-7,18H2,1-3H3/t11-,12-. The first kappa shape index (κ1) is 15.8. The van der Waals surface area contributed by atoms with E-state index in [0.29, 0.717) is 11.7 Å². The number of ether oxygens (including phenoxy) is 1. The van der Waals surface area contributed by atoms with E-state index in [1.165, 1.54) is 0 Å². The second kappa shape index (κ2) is 5.83. The molecule has 2 N–H and O–H groups in total. The van der Waals surface area contributed by atoms with E-state index in [2.05, 4.69) is 10.1 Å². The topological polar surface area (TPSA) is 82.5 Å². The number of nitrogens with zero attached hydrogens (tertiary/aromatic N) is 3. The van der Waals surface area contributed by atoms with Gasteiger partial charge in [-0.2, -0.15) is 9.61 Å². The minimum atomic E-state index is -0.420. The molecule has 2 aromatic rings. The molecule has 6 nitrogen and oxygen atoms in total. The zero-order chi connectivity index (χ0) is 16.6. The van der Waals surface area contributed by atoms with Crippen molar-refractivity contribution in [2.75, 3.05) is 5.73 Å². The predicted octanol–water partition coefficient (Wildman–Crippen LogP) is 2.93. The predicted molar refractivity (Wildman–Crippen MR) is 87.9 cm³/mol. The molecule has 0 radical (unpaired) electrons. The van der Waals surface area contributed by atoms with Gasteiger partial charge in [0.1, 0.15) is 11.4 Å². The van der Waals surface area contributed by atoms with Gasteiger partial charge in [-0.15, -0.1) is 0 Å². The molecule has 0 bridgehead atoms. The van der Waals surface area contributed by atoms with E-state index in [1.807, 2.05) is 32.9 Å². The fourth-order valence-corrected chi connectivity index (χ4v) is 3.18. The first-order valence-corrected chi connectivity index (χ1v) is 8.16. The highest BCUT2D eigenvalue weighted by Gasteiger charge is 2.31. The second-order valence-electron chi connectivity index (χ2n) is 7.29. The summed E-state index contributed by atoms with van der Waals surface area (Å²) < 4.78 is 7.13. The molecule has 0 aliphatic heterocycles. The maximum atomic E-state index is 12.2. The molecule has 0 amide bonds. The lowest BCUT2D eigenvalue weighted by atomic mass is 9.80. The van der Waals surface area contributed by atoms with Crippen LogP contribution in [-0.4, -0.2) is 26.2 Å². The number of esters is 1. The van der Waals surface area contributed by atoms with Crippen LogP contribution in [0.5, 0.6) is 0 Å². The summed E-state index contributed by atoms with van der Waals surface area (Å²) in [6.45, 7) is 5.72. The summed E-state index contributed by atoms with van der Waals surface area (Å²) in [4.78, 5) is 16.8. The van der Waals surface area contributed by atoms with E-state index >= 15 is 0 Å². The molecule has 1 aliphatic rings. The Balaban J connectivity index is 1.67. The van der Waals surface area contributed by atoms with E-state index in [0.717, 1.165) is 37.0 Å². The lowest BCUT2D eigenvalue weighted by Crippen LogP contribution is -2.30. The molecule has 6 heteroatoms. The van der Waals surface area contributed by atoms with Gasteiger partial charge in [-0.25, -0.2) is 4.98 Å². The number of hydrogen-bond acceptors (Lipinski definition) is 5. The third-order valence-electron chi connectivity index (χ3n) is 4.29. The summed E-state index contributed by atoms with van der Waals surface area (Å²) in [5.41, 5.74) is 7.39. The normalized spacial score (nSPS) is 22.2. The molecular weight excluding hydrogens is 292 g/mol. The van der Waals surface area contributed by atoms with Crippen molar-refractivity contribution < 1.29 is 9.53 Å². The Morgan fingerprint density at radius 1 is 1.30 bits per heavy atom. The number of anilines is 1. The number of hydrogen-bond donors (Lipinski definition) is 1. The molecule has 23 heavy (non-hydrogen) atoms. The molecule has 1 aliphatic carbocycles. The Morgan fingerprint density at radius 3 is 2.65 bits per heavy atom. The zero-order valence-electron chi connectivity index (χ0n) is 14.0. The molecule has 0 atom stereocenters. The highest BCUT2D eigenvalue weighted by Crippen LogP contribution is 2.36. The maximum Gasteiger partial charge on any atom is 0.309 e. The molecular formula is C17H24N4O2. The third kappa shape index (κ3) is 3.46. The second-order valence-corrected chi connectivity index (χ2v) is 7.29. The highest BCUT2D eigenvalue weighted by molar-refractivity contribution is 5.73. The van der Waals surface area contributed by atoms with Crippen LogP contribution in [0.3, 0.4) is 0 Å². The van der Waals surface area contributed by atoms with Crippen LogP contribution in [-0.2, 0) is 9.53 Å². The summed E-state index contributed by atoms with van der Waals surface area (Å²) in [6.07, 6.45) is 5.24. The molecule has 0 spiro atoms. The van der Waals surface area contributed by atoms with E-state index in [-0.39, 0.29) is 11.9 Å². The third-order valence-corrected chi connectivity index (χ3v) is 4.29. The molecule has 2 heterocycles. The van der Waals surface area contributed by atoms with Crippen LogP contribution in [0, 0.1) is 5.92 Å². The largest absolute Gasteiger partial charge is 0.460 e. The van der Waals surface area contributed by atoms with Gasteiger partial charge >= 0.3 is 5.97 Å². The number of nitrogen functional groups attached to an aromatic ring is 1. The van der Waals surface area contributed by atoms with E-state index in [1.54, 1.807) is 10.7 Å². The lowest BCUT2D eigenvalue weighted by molar-refractivity contribution is -0.161. The van der Waals surface area contributed by atoms with Gasteiger partial charge in [0.05, 0.1) is 12.1 Å². The van der Waals surface area contributed by atoms with Crippen LogP contribution >= 0.6 is 0 Å². The van der Waals surface area contributed by atoms with Crippen LogP contribution < -0.4 is 5.73 Å². The molecule has 1 fully saturated rings. The molecule has 0 saturated heterocycles. The summed E-state index contributed by atoms with van der Waals surface area (Å²) in [6, 6.07) is 3.75. The first-order chi connectivity index (χ1) is 10.8. The van der Waals surface area contributed by atoms with Gasteiger partial charge in [0.25, 0.3) is 0 Å². The summed E-state index contributed by atoms with van der Waals surface area (Å²) in [5, 5.41) is 4.14. The summed E-state index contributed by atoms with van der Waals surface area (Å²) in [7, 11) is 0. The van der Waals surface area contributed by atoms with Crippen LogP contribution in [0.1, 0.15) is 58.1 Å². The van der Waals surface area contributed by atoms with E-state index < -0.39 is 5.60 Å². The lowest BCUT2D eigenvalue weighted by Gasteiger charge is -2.29. The van der Waals surface area contributed by atoms with Crippen molar-refractivity contribution in [2.24, 2.45) is 5.92 Å². The van der Waals surface area contributed by atoms with Crippen molar-refractivity contribution in [2.45, 2.75) is 58.0 Å². The van der Waals surface area contributed by atoms with Crippen LogP contribution in [0.4, 0.5) is 5.82 Å². The van der Waals surface area contributed by atoms with Crippen molar-refractivity contribution in [3.63, 3.8) is 0 Å². The van der Waals surface area contributed by atoms with Crippen molar-refractivity contribution in [3.05, 3.63) is 24.0 Å². The molecule has 0 unspecified atom stereocenters. The number of rotatable bonds is 2. The molecule has 1 saturated carbocycles. The Bertz CT molecular complexity index is 709. The van der Waals surface area contributed by atoms with E-state index in [4.69, 9.17) is 10.5 Å². The molecule has 0 aromatic carbocycles. The summed E-state index contributed by atoms with van der Waals surface area (Å²) >= 11 is 0. The van der Waals surface area contributed by atoms with Gasteiger partial charge in [0.15, 0.2) is 5.65 Å². The van der Waals surface area contributed by atoms with Crippen LogP contribution in [0.25, 0.3) is 5.65 Å². The minimum Gasteiger partial charge on any atom is -0.460 e. The quantitative estimate of drug-likeness (QED) is 0.861. The number of fused-ring (bicyclic) bond motifs is 1. The average Bonchev–Trinajstić information content (AvgIpc) is 2.94. The fourth-order valence-electron chi connectivity index (χ4n) is 3.18. The number of nitrogens with two attached hydrogens (primary N) is 1. The number of aromatic nitrogens is 3. The number of carbonyl (C=O) groups is 1. The Hall–Kier alpha value is -2.11. The van der Waals surface area contributed by atoms with Crippen molar-refractivity contribution in [3.8, 4) is 0 Å². The van der Waals surface area contributed by atoms with Crippen LogP contribution in [0.15, 0.2) is 18.3 Å². The monoisotopic (exact) mass is 316 g/mol. The van der Waals surface area contributed by atoms with Crippen molar-refractivity contribution in [1.82, 2.24) is 14.6 Å². The van der Waals surface area contributed by atoms with Crippen molar-refractivity contribution >= 4 is 17.4 Å². The van der Waals surface area contributed by atoms with Gasteiger partial charge in [0, 0.05) is 23.7 Å². The molecule has 2 aromatic heterocycles. The maximum absolute atomic E-state index is 12.2. The van der Waals surface area contributed by atoms with Gasteiger partial charge < -0.3 is 10.5 Å². The fraction of sp³-hybridized carbons (Fsp3) is 0.588. The van der Waals surface area contributed by atoms with Crippen molar-refractivity contribution in [1.29, 1.82) is 0 Å². The van der Waals surface area contributed by atoms with Crippen LogP contribution in [0.2, 0.25) is 0 Å². The Morgan fingerprint density at radius 2 is 2.00 bits per heavy atom. The summed E-state index contributed by atoms with van der Waals surface area (Å²) in [5.74, 6) is 0.872. The smallest absolute Gasteiger partial charge is 0.309 e. The minimum absolute atomic E-state index is 0.00141. The van der Waals surface area contributed by atoms with Gasteiger partial charge in [-0.1, -0.05) is 0 Å². The van der Waals surface area contributed by atoms with E-state index in [9.17, 15) is 4.79 Å². The molecule has 124 valence electrons. The average molecular weight is 316 g/mol. The van der Waals surface area contributed by atoms with Gasteiger partial charge in [-0.3, -0.25) is 4.79 Å².